The van der Waals surface area contributed by atoms with E-state index in [4.69, 9.17) is 5.73 Å². The highest BCUT2D eigenvalue weighted by atomic mass is 32.2. The Morgan fingerprint density at radius 1 is 1.19 bits per heavy atom. The molecular formula is C12H26N2OS. The molecule has 0 saturated heterocycles. The van der Waals surface area contributed by atoms with Crippen molar-refractivity contribution in [1.29, 1.82) is 0 Å². The fourth-order valence-corrected chi connectivity index (χ4v) is 2.06. The largest absolute Gasteiger partial charge is 0.342 e. The second kappa shape index (κ2) is 11.3. The number of carbonyl (C=O) groups is 1. The van der Waals surface area contributed by atoms with Gasteiger partial charge < -0.3 is 10.6 Å². The summed E-state index contributed by atoms with van der Waals surface area (Å²) in [7, 11) is 0. The van der Waals surface area contributed by atoms with Crippen LogP contribution < -0.4 is 5.73 Å². The topological polar surface area (TPSA) is 46.3 Å². The highest BCUT2D eigenvalue weighted by Gasteiger charge is 2.11. The maximum Gasteiger partial charge on any atom is 0.232 e. The Bertz CT molecular complexity index is 168. The van der Waals surface area contributed by atoms with Gasteiger partial charge in [0, 0.05) is 25.4 Å². The van der Waals surface area contributed by atoms with E-state index in [0.717, 1.165) is 44.5 Å². The molecular weight excluding hydrogens is 220 g/mol. The Morgan fingerprint density at radius 3 is 2.19 bits per heavy atom. The van der Waals surface area contributed by atoms with Crippen LogP contribution in [-0.2, 0) is 4.79 Å². The van der Waals surface area contributed by atoms with E-state index in [9.17, 15) is 4.79 Å². The molecule has 0 fully saturated rings. The summed E-state index contributed by atoms with van der Waals surface area (Å²) in [6, 6.07) is 0. The lowest BCUT2D eigenvalue weighted by molar-refractivity contribution is -0.128. The molecule has 0 aromatic heterocycles. The molecule has 96 valence electrons. The maximum atomic E-state index is 11.9. The summed E-state index contributed by atoms with van der Waals surface area (Å²) in [5.41, 5.74) is 5.41. The first-order valence-corrected chi connectivity index (χ1v) is 7.47. The highest BCUT2D eigenvalue weighted by molar-refractivity contribution is 7.99. The SMILES string of the molecule is CCCCN(CCCC)C(=O)CSCCN. The molecule has 0 aliphatic rings. The van der Waals surface area contributed by atoms with Gasteiger partial charge in [0.1, 0.15) is 0 Å². The number of nitrogens with zero attached hydrogens (tertiary/aromatic N) is 1. The van der Waals surface area contributed by atoms with Gasteiger partial charge in [-0.15, -0.1) is 0 Å². The summed E-state index contributed by atoms with van der Waals surface area (Å²) in [6.07, 6.45) is 4.51. The third kappa shape index (κ3) is 7.99. The number of unbranched alkanes of at least 4 members (excludes halogenated alkanes) is 2. The summed E-state index contributed by atoms with van der Waals surface area (Å²) in [5.74, 6) is 1.74. The van der Waals surface area contributed by atoms with Crippen molar-refractivity contribution < 1.29 is 4.79 Å². The third-order valence-electron chi connectivity index (χ3n) is 2.40. The van der Waals surface area contributed by atoms with E-state index in [2.05, 4.69) is 13.8 Å². The molecule has 16 heavy (non-hydrogen) atoms. The van der Waals surface area contributed by atoms with Gasteiger partial charge in [0.25, 0.3) is 0 Å². The Labute approximate surface area is 104 Å². The van der Waals surface area contributed by atoms with Gasteiger partial charge in [-0.1, -0.05) is 26.7 Å². The Balaban J connectivity index is 3.88. The zero-order valence-corrected chi connectivity index (χ0v) is 11.5. The molecule has 0 atom stereocenters. The van der Waals surface area contributed by atoms with Crippen molar-refractivity contribution in [2.24, 2.45) is 5.73 Å². The van der Waals surface area contributed by atoms with E-state index < -0.39 is 0 Å². The van der Waals surface area contributed by atoms with Gasteiger partial charge in [-0.05, 0) is 12.8 Å². The lowest BCUT2D eigenvalue weighted by Gasteiger charge is -2.22. The first kappa shape index (κ1) is 15.8. The van der Waals surface area contributed by atoms with Crippen molar-refractivity contribution in [3.63, 3.8) is 0 Å². The Hall–Kier alpha value is -0.220. The standard InChI is InChI=1S/C12H26N2OS/c1-3-5-8-14(9-6-4-2)12(15)11-16-10-7-13/h3-11,13H2,1-2H3. The average Bonchev–Trinajstić information content (AvgIpc) is 2.29. The second-order valence-corrected chi connectivity index (χ2v) is 5.03. The van der Waals surface area contributed by atoms with Crippen molar-refractivity contribution in [3.05, 3.63) is 0 Å². The normalized spacial score (nSPS) is 10.4. The number of thioether (sulfide) groups is 1. The second-order valence-electron chi connectivity index (χ2n) is 3.93. The van der Waals surface area contributed by atoms with Gasteiger partial charge in [-0.2, -0.15) is 11.8 Å². The quantitative estimate of drug-likeness (QED) is 0.601. The summed E-state index contributed by atoms with van der Waals surface area (Å²) >= 11 is 1.64. The molecule has 0 rings (SSSR count). The fraction of sp³-hybridized carbons (Fsp3) is 0.917. The zero-order valence-electron chi connectivity index (χ0n) is 10.7. The highest BCUT2D eigenvalue weighted by Crippen LogP contribution is 2.05. The van der Waals surface area contributed by atoms with Gasteiger partial charge in [0.15, 0.2) is 0 Å². The van der Waals surface area contributed by atoms with Gasteiger partial charge in [-0.3, -0.25) is 4.79 Å². The molecule has 0 aromatic carbocycles. The summed E-state index contributed by atoms with van der Waals surface area (Å²) in [5, 5.41) is 0. The summed E-state index contributed by atoms with van der Waals surface area (Å²) in [6.45, 7) is 6.80. The van der Waals surface area contributed by atoms with Gasteiger partial charge in [0.2, 0.25) is 5.91 Å². The molecule has 0 radical (unpaired) electrons. The van der Waals surface area contributed by atoms with E-state index in [1.807, 2.05) is 4.90 Å². The fourth-order valence-electron chi connectivity index (χ4n) is 1.39. The van der Waals surface area contributed by atoms with Crippen molar-refractivity contribution in [2.75, 3.05) is 31.1 Å². The number of hydrogen-bond donors (Lipinski definition) is 1. The molecule has 0 aliphatic heterocycles. The lowest BCUT2D eigenvalue weighted by atomic mass is 10.2. The molecule has 0 aliphatic carbocycles. The molecule has 0 unspecified atom stereocenters. The van der Waals surface area contributed by atoms with Crippen LogP contribution in [0, 0.1) is 0 Å². The molecule has 0 saturated carbocycles. The zero-order chi connectivity index (χ0) is 12.2. The first-order valence-electron chi connectivity index (χ1n) is 6.31. The monoisotopic (exact) mass is 246 g/mol. The minimum Gasteiger partial charge on any atom is -0.342 e. The van der Waals surface area contributed by atoms with Crippen molar-refractivity contribution in [2.45, 2.75) is 39.5 Å². The predicted molar refractivity (Wildman–Crippen MR) is 72.8 cm³/mol. The van der Waals surface area contributed by atoms with E-state index in [-0.39, 0.29) is 5.91 Å². The van der Waals surface area contributed by atoms with Crippen LogP contribution in [0.2, 0.25) is 0 Å². The van der Waals surface area contributed by atoms with Crippen LogP contribution in [-0.4, -0.2) is 41.9 Å². The molecule has 3 nitrogen and oxygen atoms in total. The van der Waals surface area contributed by atoms with Crippen LogP contribution in [0.5, 0.6) is 0 Å². The van der Waals surface area contributed by atoms with Crippen LogP contribution in [0.25, 0.3) is 0 Å². The Morgan fingerprint density at radius 2 is 1.75 bits per heavy atom. The van der Waals surface area contributed by atoms with Crippen LogP contribution in [0.15, 0.2) is 0 Å². The Kier molecular flexibility index (Phi) is 11.1. The van der Waals surface area contributed by atoms with Crippen LogP contribution in [0.4, 0.5) is 0 Å². The summed E-state index contributed by atoms with van der Waals surface area (Å²) < 4.78 is 0. The van der Waals surface area contributed by atoms with Gasteiger partial charge in [0.05, 0.1) is 5.75 Å². The van der Waals surface area contributed by atoms with E-state index >= 15 is 0 Å². The first-order chi connectivity index (χ1) is 7.76. The number of nitrogens with two attached hydrogens (primary N) is 1. The molecule has 0 bridgehead atoms. The molecule has 0 heterocycles. The molecule has 0 spiro atoms. The maximum absolute atomic E-state index is 11.9. The van der Waals surface area contributed by atoms with Crippen LogP contribution >= 0.6 is 11.8 Å². The smallest absolute Gasteiger partial charge is 0.232 e. The molecule has 0 aromatic rings. The van der Waals surface area contributed by atoms with E-state index in [0.29, 0.717) is 12.3 Å². The van der Waals surface area contributed by atoms with Crippen LogP contribution in [0.3, 0.4) is 0 Å². The van der Waals surface area contributed by atoms with Gasteiger partial charge in [-0.25, -0.2) is 0 Å². The minimum atomic E-state index is 0.278. The summed E-state index contributed by atoms with van der Waals surface area (Å²) in [4.78, 5) is 13.9. The van der Waals surface area contributed by atoms with Gasteiger partial charge >= 0.3 is 0 Å². The van der Waals surface area contributed by atoms with Crippen LogP contribution in [0.1, 0.15) is 39.5 Å². The minimum absolute atomic E-state index is 0.278. The van der Waals surface area contributed by atoms with Crippen molar-refractivity contribution in [1.82, 2.24) is 4.90 Å². The number of rotatable bonds is 10. The van der Waals surface area contributed by atoms with E-state index in [1.54, 1.807) is 11.8 Å². The number of carbonyl (C=O) groups excluding carboxylic acids is 1. The van der Waals surface area contributed by atoms with Crippen molar-refractivity contribution in [3.8, 4) is 0 Å². The predicted octanol–water partition coefficient (Wildman–Crippen LogP) is 2.11. The number of hydrogen-bond acceptors (Lipinski definition) is 3. The lowest BCUT2D eigenvalue weighted by Crippen LogP contribution is -2.34. The average molecular weight is 246 g/mol. The molecule has 2 N–H and O–H groups in total. The molecule has 4 heteroatoms. The van der Waals surface area contributed by atoms with E-state index in [1.165, 1.54) is 0 Å². The molecule has 1 amide bonds. The van der Waals surface area contributed by atoms with Crippen molar-refractivity contribution >= 4 is 17.7 Å². The number of amides is 1. The third-order valence-corrected chi connectivity index (χ3v) is 3.38.